The maximum atomic E-state index is 11.7. The van der Waals surface area contributed by atoms with E-state index >= 15 is 0 Å². The molecule has 118 valence electrons. The lowest BCUT2D eigenvalue weighted by atomic mass is 10.0. The number of halogens is 1. The summed E-state index contributed by atoms with van der Waals surface area (Å²) < 4.78 is 5.12. The predicted octanol–water partition coefficient (Wildman–Crippen LogP) is 2.17. The minimum Gasteiger partial charge on any atom is -0.497 e. The summed E-state index contributed by atoms with van der Waals surface area (Å²) >= 11 is 0. The van der Waals surface area contributed by atoms with Crippen LogP contribution < -0.4 is 15.4 Å². The van der Waals surface area contributed by atoms with Gasteiger partial charge in [-0.1, -0.05) is 12.1 Å². The number of nitrogens with one attached hydrogen (secondary N) is 2. The standard InChI is InChI=1S/C16H24N2O2.ClH/c1-20-15-5-2-13(3-6-15)9-11-18-16(19)7-4-14-8-10-17-12-14;/h2-3,5-6,14,17H,4,7-12H2,1H3,(H,18,19);1H. The van der Waals surface area contributed by atoms with Crippen molar-refractivity contribution in [1.82, 2.24) is 10.6 Å². The predicted molar refractivity (Wildman–Crippen MR) is 87.2 cm³/mol. The molecule has 1 unspecified atom stereocenters. The number of hydrogen-bond acceptors (Lipinski definition) is 3. The number of methoxy groups -OCH3 is 1. The van der Waals surface area contributed by atoms with Gasteiger partial charge in [0.25, 0.3) is 0 Å². The molecule has 0 aliphatic carbocycles. The minimum absolute atomic E-state index is 0. The van der Waals surface area contributed by atoms with Gasteiger partial charge in [0.15, 0.2) is 0 Å². The van der Waals surface area contributed by atoms with Crippen molar-refractivity contribution < 1.29 is 9.53 Å². The highest BCUT2D eigenvalue weighted by molar-refractivity contribution is 5.85. The van der Waals surface area contributed by atoms with Crippen LogP contribution in [0.1, 0.15) is 24.8 Å². The van der Waals surface area contributed by atoms with E-state index in [0.717, 1.165) is 31.7 Å². The van der Waals surface area contributed by atoms with Gasteiger partial charge in [-0.25, -0.2) is 0 Å². The molecule has 2 rings (SSSR count). The van der Waals surface area contributed by atoms with Crippen molar-refractivity contribution in [1.29, 1.82) is 0 Å². The van der Waals surface area contributed by atoms with Crippen LogP contribution in [0.2, 0.25) is 0 Å². The fourth-order valence-electron chi connectivity index (χ4n) is 2.52. The molecule has 0 aromatic heterocycles. The van der Waals surface area contributed by atoms with Gasteiger partial charge in [0, 0.05) is 13.0 Å². The molecule has 1 aliphatic rings. The van der Waals surface area contributed by atoms with E-state index in [9.17, 15) is 4.79 Å². The van der Waals surface area contributed by atoms with Gasteiger partial charge in [-0.2, -0.15) is 0 Å². The Kier molecular flexibility index (Phi) is 8.16. The van der Waals surface area contributed by atoms with Crippen molar-refractivity contribution in [3.8, 4) is 5.75 Å². The smallest absolute Gasteiger partial charge is 0.220 e. The zero-order valence-electron chi connectivity index (χ0n) is 12.6. The van der Waals surface area contributed by atoms with Crippen molar-refractivity contribution in [3.05, 3.63) is 29.8 Å². The first-order valence-corrected chi connectivity index (χ1v) is 7.38. The first-order chi connectivity index (χ1) is 9.78. The van der Waals surface area contributed by atoms with Crippen LogP contribution in [-0.4, -0.2) is 32.7 Å². The highest BCUT2D eigenvalue weighted by atomic mass is 35.5. The van der Waals surface area contributed by atoms with Gasteiger partial charge in [-0.15, -0.1) is 12.4 Å². The normalized spacial score (nSPS) is 17.1. The van der Waals surface area contributed by atoms with Gasteiger partial charge in [0.1, 0.15) is 5.75 Å². The monoisotopic (exact) mass is 312 g/mol. The van der Waals surface area contributed by atoms with Crippen molar-refractivity contribution in [2.45, 2.75) is 25.7 Å². The fourth-order valence-corrected chi connectivity index (χ4v) is 2.52. The molecule has 1 heterocycles. The Bertz CT molecular complexity index is 417. The maximum Gasteiger partial charge on any atom is 0.220 e. The van der Waals surface area contributed by atoms with Crippen LogP contribution >= 0.6 is 12.4 Å². The Balaban J connectivity index is 0.00000220. The average molecular weight is 313 g/mol. The number of amides is 1. The second-order valence-electron chi connectivity index (χ2n) is 5.35. The Morgan fingerprint density at radius 3 is 2.76 bits per heavy atom. The van der Waals surface area contributed by atoms with Crippen molar-refractivity contribution in [2.24, 2.45) is 5.92 Å². The van der Waals surface area contributed by atoms with E-state index in [1.165, 1.54) is 12.0 Å². The summed E-state index contributed by atoms with van der Waals surface area (Å²) in [7, 11) is 1.66. The molecule has 1 aromatic carbocycles. The molecule has 1 saturated heterocycles. The summed E-state index contributed by atoms with van der Waals surface area (Å²) in [6.45, 7) is 2.87. The summed E-state index contributed by atoms with van der Waals surface area (Å²) in [6, 6.07) is 7.97. The highest BCUT2D eigenvalue weighted by Gasteiger charge is 2.15. The summed E-state index contributed by atoms with van der Waals surface area (Å²) in [6.07, 6.45) is 3.72. The van der Waals surface area contributed by atoms with Crippen molar-refractivity contribution >= 4 is 18.3 Å². The van der Waals surface area contributed by atoms with Gasteiger partial charge < -0.3 is 15.4 Å². The molecule has 0 bridgehead atoms. The van der Waals surface area contributed by atoms with Crippen LogP contribution in [-0.2, 0) is 11.2 Å². The fraction of sp³-hybridized carbons (Fsp3) is 0.562. The minimum atomic E-state index is 0. The Labute approximate surface area is 133 Å². The number of carbonyl (C=O) groups is 1. The molecule has 5 heteroatoms. The SMILES string of the molecule is COc1ccc(CCNC(=O)CCC2CCNC2)cc1.Cl. The number of hydrogen-bond donors (Lipinski definition) is 2. The van der Waals surface area contributed by atoms with Gasteiger partial charge >= 0.3 is 0 Å². The van der Waals surface area contributed by atoms with Crippen LogP contribution in [0.4, 0.5) is 0 Å². The van der Waals surface area contributed by atoms with Crippen LogP contribution in [0.3, 0.4) is 0 Å². The van der Waals surface area contributed by atoms with Crippen LogP contribution in [0.5, 0.6) is 5.75 Å². The second kappa shape index (κ2) is 9.64. The Morgan fingerprint density at radius 1 is 1.38 bits per heavy atom. The lowest BCUT2D eigenvalue weighted by Crippen LogP contribution is -2.26. The summed E-state index contributed by atoms with van der Waals surface area (Å²) in [5.74, 6) is 1.72. The topological polar surface area (TPSA) is 50.4 Å². The summed E-state index contributed by atoms with van der Waals surface area (Å²) in [5.41, 5.74) is 1.21. The zero-order valence-corrected chi connectivity index (χ0v) is 13.4. The molecular weight excluding hydrogens is 288 g/mol. The third kappa shape index (κ3) is 6.36. The highest BCUT2D eigenvalue weighted by Crippen LogP contribution is 2.14. The van der Waals surface area contributed by atoms with E-state index in [4.69, 9.17) is 4.74 Å². The molecule has 0 spiro atoms. The maximum absolute atomic E-state index is 11.7. The number of ether oxygens (including phenoxy) is 1. The van der Waals surface area contributed by atoms with Gasteiger partial charge in [0.05, 0.1) is 7.11 Å². The van der Waals surface area contributed by atoms with Gasteiger partial charge in [0.2, 0.25) is 5.91 Å². The first kappa shape index (κ1) is 17.8. The molecule has 1 amide bonds. The first-order valence-electron chi connectivity index (χ1n) is 7.38. The summed E-state index contributed by atoms with van der Waals surface area (Å²) in [5, 5.41) is 6.32. The van der Waals surface area contributed by atoms with E-state index in [2.05, 4.69) is 10.6 Å². The lowest BCUT2D eigenvalue weighted by molar-refractivity contribution is -0.121. The molecule has 1 aliphatic heterocycles. The van der Waals surface area contributed by atoms with Crippen molar-refractivity contribution in [3.63, 3.8) is 0 Å². The van der Waals surface area contributed by atoms with E-state index in [1.54, 1.807) is 7.11 Å². The molecule has 1 atom stereocenters. The molecule has 21 heavy (non-hydrogen) atoms. The number of benzene rings is 1. The Hall–Kier alpha value is -1.26. The van der Waals surface area contributed by atoms with Crippen LogP contribution in [0.25, 0.3) is 0 Å². The van der Waals surface area contributed by atoms with E-state index in [-0.39, 0.29) is 18.3 Å². The van der Waals surface area contributed by atoms with Gasteiger partial charge in [-0.05, 0) is 56.0 Å². The van der Waals surface area contributed by atoms with Crippen molar-refractivity contribution in [2.75, 3.05) is 26.7 Å². The molecular formula is C16H25ClN2O2. The van der Waals surface area contributed by atoms with Gasteiger partial charge in [-0.3, -0.25) is 4.79 Å². The summed E-state index contributed by atoms with van der Waals surface area (Å²) in [4.78, 5) is 11.7. The molecule has 1 fully saturated rings. The van der Waals surface area contributed by atoms with E-state index in [0.29, 0.717) is 18.9 Å². The number of carbonyl (C=O) groups excluding carboxylic acids is 1. The number of rotatable bonds is 7. The third-order valence-electron chi connectivity index (χ3n) is 3.84. The second-order valence-corrected chi connectivity index (χ2v) is 5.35. The molecule has 1 aromatic rings. The lowest BCUT2D eigenvalue weighted by Gasteiger charge is -2.09. The van der Waals surface area contributed by atoms with E-state index < -0.39 is 0 Å². The van der Waals surface area contributed by atoms with E-state index in [1.807, 2.05) is 24.3 Å². The molecule has 0 radical (unpaired) electrons. The third-order valence-corrected chi connectivity index (χ3v) is 3.84. The quantitative estimate of drug-likeness (QED) is 0.811. The van der Waals surface area contributed by atoms with Crippen LogP contribution in [0, 0.1) is 5.92 Å². The molecule has 0 saturated carbocycles. The molecule has 4 nitrogen and oxygen atoms in total. The largest absolute Gasteiger partial charge is 0.497 e. The molecule has 2 N–H and O–H groups in total. The average Bonchev–Trinajstić information content (AvgIpc) is 2.99. The zero-order chi connectivity index (χ0) is 14.2. The Morgan fingerprint density at radius 2 is 2.14 bits per heavy atom. The van der Waals surface area contributed by atoms with Crippen LogP contribution in [0.15, 0.2) is 24.3 Å².